The van der Waals surface area contributed by atoms with E-state index in [4.69, 9.17) is 4.74 Å². The van der Waals surface area contributed by atoms with Crippen molar-refractivity contribution >= 4 is 39.6 Å². The molecule has 0 saturated carbocycles. The molecule has 0 spiro atoms. The summed E-state index contributed by atoms with van der Waals surface area (Å²) in [4.78, 5) is 36.7. The predicted molar refractivity (Wildman–Crippen MR) is 137 cm³/mol. The number of nitrogens with one attached hydrogen (secondary N) is 2. The zero-order valence-electron chi connectivity index (χ0n) is 18.7. The van der Waals surface area contributed by atoms with Crippen LogP contribution in [0.1, 0.15) is 33.8 Å². The van der Waals surface area contributed by atoms with Gasteiger partial charge < -0.3 is 20.5 Å². The molecule has 0 saturated heterocycles. The molecule has 0 radical (unpaired) electrons. The zero-order valence-corrected chi connectivity index (χ0v) is 20.2. The molecule has 0 aliphatic heterocycles. The van der Waals surface area contributed by atoms with E-state index in [9.17, 15) is 19.5 Å². The van der Waals surface area contributed by atoms with Gasteiger partial charge in [0.15, 0.2) is 0 Å². The lowest BCUT2D eigenvalue weighted by molar-refractivity contribution is -0.118. The van der Waals surface area contributed by atoms with Gasteiger partial charge in [-0.05, 0) is 46.9 Å². The minimum atomic E-state index is -1.12. The molecule has 3 aromatic carbocycles. The molecule has 3 N–H and O–H groups in total. The lowest BCUT2D eigenvalue weighted by atomic mass is 9.98. The van der Waals surface area contributed by atoms with Crippen molar-refractivity contribution in [3.63, 3.8) is 0 Å². The molecule has 1 unspecified atom stereocenters. The second-order valence-corrected chi connectivity index (χ2v) is 8.99. The second-order valence-electron chi connectivity index (χ2n) is 8.07. The van der Waals surface area contributed by atoms with Crippen molar-refractivity contribution in [1.29, 1.82) is 0 Å². The minimum absolute atomic E-state index is 0.0134. The van der Waals surface area contributed by atoms with Crippen LogP contribution < -0.4 is 10.6 Å². The average molecular weight is 535 g/mol. The Bertz CT molecular complexity index is 1260. The van der Waals surface area contributed by atoms with Gasteiger partial charge in [-0.15, -0.1) is 6.58 Å². The molecule has 3 aromatic rings. The summed E-state index contributed by atoms with van der Waals surface area (Å²) >= 11 is 3.23. The summed E-state index contributed by atoms with van der Waals surface area (Å²) in [6, 6.07) is 19.4. The first kappa shape index (κ1) is 24.2. The van der Waals surface area contributed by atoms with Crippen molar-refractivity contribution in [1.82, 2.24) is 5.32 Å². The first-order valence-corrected chi connectivity index (χ1v) is 11.7. The summed E-state index contributed by atoms with van der Waals surface area (Å²) in [5, 5.41) is 14.5. The smallest absolute Gasteiger partial charge is 0.407 e. The number of benzene rings is 3. The number of hydrogen-bond donors (Lipinski definition) is 3. The van der Waals surface area contributed by atoms with Crippen molar-refractivity contribution < 1.29 is 24.2 Å². The molecule has 4 rings (SSSR count). The van der Waals surface area contributed by atoms with Crippen LogP contribution in [0.3, 0.4) is 0 Å². The maximum Gasteiger partial charge on any atom is 0.407 e. The van der Waals surface area contributed by atoms with E-state index < -0.39 is 24.0 Å². The van der Waals surface area contributed by atoms with Crippen LogP contribution in [-0.2, 0) is 9.53 Å². The second kappa shape index (κ2) is 10.6. The van der Waals surface area contributed by atoms with Gasteiger partial charge in [0.1, 0.15) is 12.6 Å². The molecule has 178 valence electrons. The number of carboxylic acids is 1. The Balaban J connectivity index is 1.42. The van der Waals surface area contributed by atoms with Gasteiger partial charge in [0.2, 0.25) is 5.91 Å². The predicted octanol–water partition coefficient (Wildman–Crippen LogP) is 5.57. The molecule has 1 aliphatic rings. The van der Waals surface area contributed by atoms with E-state index in [2.05, 4.69) is 45.3 Å². The fourth-order valence-electron chi connectivity index (χ4n) is 4.20. The van der Waals surface area contributed by atoms with Gasteiger partial charge in [-0.3, -0.25) is 4.79 Å². The highest BCUT2D eigenvalue weighted by molar-refractivity contribution is 9.10. The van der Waals surface area contributed by atoms with Crippen LogP contribution >= 0.6 is 15.9 Å². The molecule has 0 heterocycles. The maximum absolute atomic E-state index is 12.8. The van der Waals surface area contributed by atoms with Gasteiger partial charge in [0.25, 0.3) is 0 Å². The first-order chi connectivity index (χ1) is 16.9. The van der Waals surface area contributed by atoms with Crippen molar-refractivity contribution in [3.8, 4) is 11.1 Å². The Labute approximate surface area is 210 Å². The number of halogens is 1. The fraction of sp³-hybridized carbons (Fsp3) is 0.148. The van der Waals surface area contributed by atoms with Gasteiger partial charge in [-0.2, -0.15) is 0 Å². The number of hydrogen-bond acceptors (Lipinski definition) is 4. The average Bonchev–Trinajstić information content (AvgIpc) is 3.16. The number of fused-ring (bicyclic) bond motifs is 3. The van der Waals surface area contributed by atoms with Gasteiger partial charge in [0, 0.05) is 16.1 Å². The van der Waals surface area contributed by atoms with Crippen LogP contribution in [0.15, 0.2) is 83.9 Å². The third kappa shape index (κ3) is 5.44. The SMILES string of the molecule is C=CCC(NC(=O)OCC1c2ccccc2-c2ccccc21)C(=O)Nc1cc(Br)cc(C(=O)O)c1. The topological polar surface area (TPSA) is 105 Å². The normalized spacial score (nSPS) is 12.7. The Morgan fingerprint density at radius 3 is 2.26 bits per heavy atom. The number of carbonyl (C=O) groups is 3. The van der Waals surface area contributed by atoms with E-state index in [0.29, 0.717) is 4.47 Å². The van der Waals surface area contributed by atoms with E-state index in [-0.39, 0.29) is 30.2 Å². The molecule has 0 fully saturated rings. The van der Waals surface area contributed by atoms with Crippen molar-refractivity contribution in [3.05, 3.63) is 101 Å². The largest absolute Gasteiger partial charge is 0.478 e. The highest BCUT2D eigenvalue weighted by atomic mass is 79.9. The third-order valence-electron chi connectivity index (χ3n) is 5.77. The molecule has 35 heavy (non-hydrogen) atoms. The van der Waals surface area contributed by atoms with E-state index in [1.807, 2.05) is 36.4 Å². The fourth-order valence-corrected chi connectivity index (χ4v) is 4.69. The number of carboxylic acid groups (broad SMARTS) is 1. The summed E-state index contributed by atoms with van der Waals surface area (Å²) in [6.07, 6.45) is 0.947. The molecule has 0 aromatic heterocycles. The Morgan fingerprint density at radius 2 is 1.66 bits per heavy atom. The molecular formula is C27H23BrN2O5. The van der Waals surface area contributed by atoms with Gasteiger partial charge >= 0.3 is 12.1 Å². The quantitative estimate of drug-likeness (QED) is 0.327. The molecule has 1 atom stereocenters. The number of amides is 2. The summed E-state index contributed by atoms with van der Waals surface area (Å²) in [6.45, 7) is 3.77. The summed E-state index contributed by atoms with van der Waals surface area (Å²) in [7, 11) is 0. The van der Waals surface area contributed by atoms with E-state index in [0.717, 1.165) is 22.3 Å². The third-order valence-corrected chi connectivity index (χ3v) is 6.22. The zero-order chi connectivity index (χ0) is 24.9. The Kier molecular flexibility index (Phi) is 7.31. The van der Waals surface area contributed by atoms with Crippen LogP contribution in [0, 0.1) is 0 Å². The van der Waals surface area contributed by atoms with Gasteiger partial charge in [0.05, 0.1) is 5.56 Å². The monoisotopic (exact) mass is 534 g/mol. The van der Waals surface area contributed by atoms with E-state index >= 15 is 0 Å². The number of ether oxygens (including phenoxy) is 1. The molecule has 7 nitrogen and oxygen atoms in total. The summed E-state index contributed by atoms with van der Waals surface area (Å²) < 4.78 is 6.03. The number of aromatic carboxylic acids is 1. The van der Waals surface area contributed by atoms with E-state index in [1.54, 1.807) is 6.07 Å². The molecule has 1 aliphatic carbocycles. The van der Waals surface area contributed by atoms with Crippen LogP contribution in [0.4, 0.5) is 10.5 Å². The highest BCUT2D eigenvalue weighted by Crippen LogP contribution is 2.44. The van der Waals surface area contributed by atoms with Crippen molar-refractivity contribution in [2.24, 2.45) is 0 Å². The minimum Gasteiger partial charge on any atom is -0.478 e. The number of rotatable bonds is 8. The van der Waals surface area contributed by atoms with Crippen LogP contribution in [0.5, 0.6) is 0 Å². The Hall–Kier alpha value is -3.91. The number of carbonyl (C=O) groups excluding carboxylic acids is 2. The van der Waals surface area contributed by atoms with Gasteiger partial charge in [-0.1, -0.05) is 70.5 Å². The molecule has 2 amide bonds. The highest BCUT2D eigenvalue weighted by Gasteiger charge is 2.29. The van der Waals surface area contributed by atoms with Crippen LogP contribution in [0.25, 0.3) is 11.1 Å². The summed E-state index contributed by atoms with van der Waals surface area (Å²) in [5.74, 6) is -1.75. The molecule has 8 heteroatoms. The molecular weight excluding hydrogens is 512 g/mol. The Morgan fingerprint density at radius 1 is 1.03 bits per heavy atom. The first-order valence-electron chi connectivity index (χ1n) is 10.9. The van der Waals surface area contributed by atoms with Crippen molar-refractivity contribution in [2.75, 3.05) is 11.9 Å². The lowest BCUT2D eigenvalue weighted by Gasteiger charge is -2.19. The van der Waals surface area contributed by atoms with Crippen molar-refractivity contribution in [2.45, 2.75) is 18.4 Å². The van der Waals surface area contributed by atoms with Crippen LogP contribution in [-0.4, -0.2) is 35.7 Å². The lowest BCUT2D eigenvalue weighted by Crippen LogP contribution is -2.44. The summed E-state index contributed by atoms with van der Waals surface area (Å²) in [5.41, 5.74) is 4.72. The number of alkyl carbamates (subject to hydrolysis) is 1. The number of anilines is 1. The standard InChI is InChI=1S/C27H23BrN2O5/c1-2-7-24(25(31)29-18-13-16(26(32)33)12-17(28)14-18)30-27(34)35-15-23-21-10-5-3-8-19(21)20-9-4-6-11-22(20)23/h2-6,8-14,23-24H,1,7,15H2,(H,29,31)(H,30,34)(H,32,33). The van der Waals surface area contributed by atoms with Crippen LogP contribution in [0.2, 0.25) is 0 Å². The maximum atomic E-state index is 12.8. The molecule has 0 bridgehead atoms. The van der Waals surface area contributed by atoms with Gasteiger partial charge in [-0.25, -0.2) is 9.59 Å². The van der Waals surface area contributed by atoms with E-state index in [1.165, 1.54) is 18.2 Å².